The van der Waals surface area contributed by atoms with Crippen LogP contribution in [-0.4, -0.2) is 51.3 Å². The van der Waals surface area contributed by atoms with Gasteiger partial charge >= 0.3 is 0 Å². The van der Waals surface area contributed by atoms with Gasteiger partial charge in [0.1, 0.15) is 0 Å². The maximum absolute atomic E-state index is 12.3. The fraction of sp³-hybridized carbons (Fsp3) is 0.316. The predicted molar refractivity (Wildman–Crippen MR) is 99.1 cm³/mol. The highest BCUT2D eigenvalue weighted by molar-refractivity contribution is 7.16. The van der Waals surface area contributed by atoms with Crippen LogP contribution in [0.25, 0.3) is 16.5 Å². The molecule has 1 aromatic carbocycles. The number of methoxy groups -OCH3 is 2. The molecule has 0 aliphatic heterocycles. The number of hydrogen-bond donors (Lipinski definition) is 0. The molecule has 0 spiro atoms. The van der Waals surface area contributed by atoms with Crippen molar-refractivity contribution in [2.45, 2.75) is 0 Å². The smallest absolute Gasteiger partial charge is 0.246 e. The molecule has 24 heavy (non-hydrogen) atoms. The first-order chi connectivity index (χ1) is 11.7. The van der Waals surface area contributed by atoms with Gasteiger partial charge in [-0.1, -0.05) is 30.3 Å². The van der Waals surface area contributed by atoms with Gasteiger partial charge in [0.2, 0.25) is 5.91 Å². The third kappa shape index (κ3) is 5.60. The van der Waals surface area contributed by atoms with Crippen LogP contribution in [0.15, 0.2) is 48.5 Å². The van der Waals surface area contributed by atoms with E-state index in [1.807, 2.05) is 30.3 Å². The van der Waals surface area contributed by atoms with E-state index in [2.05, 4.69) is 18.2 Å². The Hall–Kier alpha value is -1.95. The minimum Gasteiger partial charge on any atom is -0.383 e. The number of carbonyl (C=O) groups is 1. The van der Waals surface area contributed by atoms with Crippen LogP contribution in [0.5, 0.6) is 0 Å². The minimum absolute atomic E-state index is 0.0289. The molecule has 0 aliphatic rings. The normalized spacial score (nSPS) is 11.1. The lowest BCUT2D eigenvalue weighted by Crippen LogP contribution is -2.35. The van der Waals surface area contributed by atoms with Gasteiger partial charge in [-0.25, -0.2) is 0 Å². The summed E-state index contributed by atoms with van der Waals surface area (Å²) in [6.45, 7) is 2.15. The van der Waals surface area contributed by atoms with Gasteiger partial charge in [0.05, 0.1) is 13.2 Å². The SMILES string of the molecule is COCCN(CCOC)C(=O)C=Cc1ccc(-c2ccccc2)s1. The Morgan fingerprint density at radius 1 is 1.04 bits per heavy atom. The first-order valence-corrected chi connectivity index (χ1v) is 8.66. The van der Waals surface area contributed by atoms with Crippen molar-refractivity contribution in [2.75, 3.05) is 40.5 Å². The largest absolute Gasteiger partial charge is 0.383 e. The predicted octanol–water partition coefficient (Wildman–Crippen LogP) is 3.55. The number of rotatable bonds is 9. The molecular formula is C19H23NO3S. The molecule has 0 radical (unpaired) electrons. The summed E-state index contributed by atoms with van der Waals surface area (Å²) in [4.78, 5) is 16.3. The molecule has 1 aromatic heterocycles. The average molecular weight is 345 g/mol. The molecule has 0 unspecified atom stereocenters. The maximum Gasteiger partial charge on any atom is 0.246 e. The topological polar surface area (TPSA) is 38.8 Å². The number of amides is 1. The maximum atomic E-state index is 12.3. The standard InChI is InChI=1S/C19H23NO3S/c1-22-14-12-20(13-15-23-2)19(21)11-9-17-8-10-18(24-17)16-6-4-3-5-7-16/h3-11H,12-15H2,1-2H3. The summed E-state index contributed by atoms with van der Waals surface area (Å²) in [6, 6.07) is 14.3. The van der Waals surface area contributed by atoms with Crippen LogP contribution < -0.4 is 0 Å². The molecule has 0 N–H and O–H groups in total. The first-order valence-electron chi connectivity index (χ1n) is 7.84. The summed E-state index contributed by atoms with van der Waals surface area (Å²) in [5.74, 6) is -0.0289. The molecule has 0 saturated heterocycles. The second-order valence-electron chi connectivity index (χ2n) is 5.21. The Bertz CT molecular complexity index is 644. The van der Waals surface area contributed by atoms with Crippen LogP contribution in [0.3, 0.4) is 0 Å². The summed E-state index contributed by atoms with van der Waals surface area (Å²) in [5, 5.41) is 0. The Balaban J connectivity index is 2.00. The van der Waals surface area contributed by atoms with Crippen molar-refractivity contribution in [1.29, 1.82) is 0 Å². The van der Waals surface area contributed by atoms with E-state index in [9.17, 15) is 4.79 Å². The van der Waals surface area contributed by atoms with Crippen LogP contribution in [-0.2, 0) is 14.3 Å². The molecule has 0 aliphatic carbocycles. The van der Waals surface area contributed by atoms with Crippen molar-refractivity contribution < 1.29 is 14.3 Å². The Morgan fingerprint density at radius 2 is 1.71 bits per heavy atom. The van der Waals surface area contributed by atoms with Crippen molar-refractivity contribution >= 4 is 23.3 Å². The summed E-state index contributed by atoms with van der Waals surface area (Å²) in [5.41, 5.74) is 1.19. The van der Waals surface area contributed by atoms with Gasteiger partial charge in [0.25, 0.3) is 0 Å². The highest BCUT2D eigenvalue weighted by Gasteiger charge is 2.10. The Labute approximate surface area is 147 Å². The van der Waals surface area contributed by atoms with E-state index in [1.165, 1.54) is 10.4 Å². The Kier molecular flexibility index (Phi) is 7.68. The number of hydrogen-bond acceptors (Lipinski definition) is 4. The second kappa shape index (κ2) is 10.0. The van der Waals surface area contributed by atoms with Gasteiger partial charge in [-0.2, -0.15) is 0 Å². The number of thiophene rings is 1. The van der Waals surface area contributed by atoms with Crippen molar-refractivity contribution in [3.8, 4) is 10.4 Å². The van der Waals surface area contributed by atoms with Gasteiger partial charge in [0.15, 0.2) is 0 Å². The quantitative estimate of drug-likeness (QED) is 0.653. The van der Waals surface area contributed by atoms with Gasteiger partial charge in [0, 0.05) is 43.1 Å². The molecule has 4 nitrogen and oxygen atoms in total. The van der Waals surface area contributed by atoms with Crippen LogP contribution in [0.4, 0.5) is 0 Å². The minimum atomic E-state index is -0.0289. The van der Waals surface area contributed by atoms with E-state index >= 15 is 0 Å². The van der Waals surface area contributed by atoms with E-state index in [4.69, 9.17) is 9.47 Å². The molecule has 1 amide bonds. The fourth-order valence-electron chi connectivity index (χ4n) is 2.19. The fourth-order valence-corrected chi connectivity index (χ4v) is 3.11. The zero-order valence-electron chi connectivity index (χ0n) is 14.1. The molecular weight excluding hydrogens is 322 g/mol. The van der Waals surface area contributed by atoms with E-state index in [-0.39, 0.29) is 5.91 Å². The number of nitrogens with zero attached hydrogens (tertiary/aromatic N) is 1. The van der Waals surface area contributed by atoms with Crippen LogP contribution in [0, 0.1) is 0 Å². The van der Waals surface area contributed by atoms with E-state index in [0.717, 1.165) is 4.88 Å². The zero-order chi connectivity index (χ0) is 17.2. The lowest BCUT2D eigenvalue weighted by molar-refractivity contribution is -0.127. The van der Waals surface area contributed by atoms with E-state index in [0.29, 0.717) is 26.3 Å². The van der Waals surface area contributed by atoms with Crippen molar-refractivity contribution in [3.63, 3.8) is 0 Å². The van der Waals surface area contributed by atoms with Gasteiger partial charge < -0.3 is 14.4 Å². The second-order valence-corrected chi connectivity index (χ2v) is 6.33. The molecule has 0 bridgehead atoms. The number of carbonyl (C=O) groups excluding carboxylic acids is 1. The summed E-state index contributed by atoms with van der Waals surface area (Å²) in [7, 11) is 3.26. The molecule has 2 rings (SSSR count). The van der Waals surface area contributed by atoms with E-state index < -0.39 is 0 Å². The third-order valence-electron chi connectivity index (χ3n) is 3.52. The van der Waals surface area contributed by atoms with Crippen LogP contribution in [0.1, 0.15) is 4.88 Å². The third-order valence-corrected chi connectivity index (χ3v) is 4.62. The lowest BCUT2D eigenvalue weighted by atomic mass is 10.2. The zero-order valence-corrected chi connectivity index (χ0v) is 14.9. The van der Waals surface area contributed by atoms with Crippen LogP contribution >= 0.6 is 11.3 Å². The molecule has 1 heterocycles. The number of benzene rings is 1. The Morgan fingerprint density at radius 3 is 2.33 bits per heavy atom. The highest BCUT2D eigenvalue weighted by atomic mass is 32.1. The first kappa shape index (κ1) is 18.4. The van der Waals surface area contributed by atoms with E-state index in [1.54, 1.807) is 36.5 Å². The highest BCUT2D eigenvalue weighted by Crippen LogP contribution is 2.28. The van der Waals surface area contributed by atoms with Crippen LogP contribution in [0.2, 0.25) is 0 Å². The van der Waals surface area contributed by atoms with Crippen molar-refractivity contribution in [2.24, 2.45) is 0 Å². The molecule has 0 fully saturated rings. The molecule has 5 heteroatoms. The molecule has 2 aromatic rings. The van der Waals surface area contributed by atoms with Crippen molar-refractivity contribution in [1.82, 2.24) is 4.90 Å². The summed E-state index contributed by atoms with van der Waals surface area (Å²) >= 11 is 1.67. The molecule has 128 valence electrons. The summed E-state index contributed by atoms with van der Waals surface area (Å²) < 4.78 is 10.1. The monoisotopic (exact) mass is 345 g/mol. The summed E-state index contributed by atoms with van der Waals surface area (Å²) in [6.07, 6.45) is 3.48. The lowest BCUT2D eigenvalue weighted by Gasteiger charge is -2.20. The average Bonchev–Trinajstić information content (AvgIpc) is 3.09. The van der Waals surface area contributed by atoms with Gasteiger partial charge in [-0.05, 0) is 23.8 Å². The molecule has 0 atom stereocenters. The number of ether oxygens (including phenoxy) is 2. The molecule has 0 saturated carbocycles. The van der Waals surface area contributed by atoms with Crippen molar-refractivity contribution in [3.05, 3.63) is 53.4 Å². The van der Waals surface area contributed by atoms with Gasteiger partial charge in [-0.3, -0.25) is 4.79 Å². The van der Waals surface area contributed by atoms with Gasteiger partial charge in [-0.15, -0.1) is 11.3 Å².